The number of aryl methyl sites for hydroxylation is 2. The number of nitrogens with one attached hydrogen (secondary N) is 2. The Morgan fingerprint density at radius 3 is 2.53 bits per heavy atom. The first-order chi connectivity index (χ1) is 14.5. The quantitative estimate of drug-likeness (QED) is 0.584. The maximum absolute atomic E-state index is 12.4. The lowest BCUT2D eigenvalue weighted by Gasteiger charge is -2.11. The molecule has 0 saturated heterocycles. The summed E-state index contributed by atoms with van der Waals surface area (Å²) in [7, 11) is 1.60. The number of ether oxygens (including phenoxy) is 1. The van der Waals surface area contributed by atoms with E-state index in [4.69, 9.17) is 9.26 Å². The highest BCUT2D eigenvalue weighted by Gasteiger charge is 2.12. The van der Waals surface area contributed by atoms with E-state index in [9.17, 15) is 9.59 Å². The van der Waals surface area contributed by atoms with Crippen LogP contribution in [0.2, 0.25) is 0 Å². The van der Waals surface area contributed by atoms with Crippen LogP contribution in [0.15, 0.2) is 47.0 Å². The Morgan fingerprint density at radius 2 is 1.83 bits per heavy atom. The van der Waals surface area contributed by atoms with E-state index in [2.05, 4.69) is 20.8 Å². The minimum Gasteiger partial charge on any atom is -0.497 e. The monoisotopic (exact) mass is 408 g/mol. The molecule has 156 valence electrons. The van der Waals surface area contributed by atoms with Gasteiger partial charge in [-0.2, -0.15) is 4.98 Å². The zero-order chi connectivity index (χ0) is 21.5. The summed E-state index contributed by atoms with van der Waals surface area (Å²) in [6.07, 6.45) is 0.897. The minimum atomic E-state index is -0.179. The Kier molecular flexibility index (Phi) is 6.79. The predicted octanol–water partition coefficient (Wildman–Crippen LogP) is 3.97. The fourth-order valence-electron chi connectivity index (χ4n) is 2.73. The van der Waals surface area contributed by atoms with E-state index in [0.717, 1.165) is 16.9 Å². The standard InChI is InChI=1S/C22H24N4O4/c1-4-19(27)23-16-8-5-14(2)18(13-16)24-20(28)11-12-21-25-22(26-30-21)15-6-9-17(29-3)10-7-15/h5-10,13H,4,11-12H2,1-3H3,(H,23,27)(H,24,28). The average molecular weight is 408 g/mol. The van der Waals surface area contributed by atoms with Gasteiger partial charge in [0.1, 0.15) is 5.75 Å². The molecular formula is C22H24N4O4. The average Bonchev–Trinajstić information content (AvgIpc) is 3.23. The molecule has 0 radical (unpaired) electrons. The normalized spacial score (nSPS) is 10.5. The Bertz CT molecular complexity index is 1030. The van der Waals surface area contributed by atoms with Gasteiger partial charge in [0.05, 0.1) is 7.11 Å². The molecule has 1 aromatic heterocycles. The predicted molar refractivity (Wildman–Crippen MR) is 113 cm³/mol. The number of aromatic nitrogens is 2. The molecule has 0 fully saturated rings. The molecule has 1 heterocycles. The highest BCUT2D eigenvalue weighted by atomic mass is 16.5. The van der Waals surface area contributed by atoms with E-state index in [0.29, 0.717) is 35.9 Å². The van der Waals surface area contributed by atoms with Crippen LogP contribution in [0.3, 0.4) is 0 Å². The van der Waals surface area contributed by atoms with Crippen LogP contribution in [-0.2, 0) is 16.0 Å². The van der Waals surface area contributed by atoms with Crippen molar-refractivity contribution in [2.24, 2.45) is 0 Å². The van der Waals surface area contributed by atoms with Crippen molar-refractivity contribution >= 4 is 23.2 Å². The van der Waals surface area contributed by atoms with Crippen molar-refractivity contribution in [2.45, 2.75) is 33.1 Å². The molecule has 0 atom stereocenters. The third kappa shape index (κ3) is 5.44. The summed E-state index contributed by atoms with van der Waals surface area (Å²) in [5.41, 5.74) is 3.00. The molecule has 0 aliphatic rings. The molecule has 0 unspecified atom stereocenters. The van der Waals surface area contributed by atoms with Crippen LogP contribution in [0.1, 0.15) is 31.2 Å². The fraction of sp³-hybridized carbons (Fsp3) is 0.273. The molecule has 0 saturated carbocycles. The molecule has 3 aromatic rings. The number of carbonyl (C=O) groups is 2. The zero-order valence-electron chi connectivity index (χ0n) is 17.2. The first-order valence-electron chi connectivity index (χ1n) is 9.66. The number of rotatable bonds is 8. The van der Waals surface area contributed by atoms with Crippen LogP contribution in [-0.4, -0.2) is 29.1 Å². The van der Waals surface area contributed by atoms with Crippen molar-refractivity contribution in [1.82, 2.24) is 10.1 Å². The molecule has 3 rings (SSSR count). The number of anilines is 2. The summed E-state index contributed by atoms with van der Waals surface area (Å²) < 4.78 is 10.4. The number of amides is 2. The van der Waals surface area contributed by atoms with Crippen LogP contribution in [0.25, 0.3) is 11.4 Å². The molecule has 2 aromatic carbocycles. The molecular weight excluding hydrogens is 384 g/mol. The second-order valence-corrected chi connectivity index (χ2v) is 6.72. The highest BCUT2D eigenvalue weighted by molar-refractivity contribution is 5.94. The van der Waals surface area contributed by atoms with Crippen molar-refractivity contribution in [3.05, 3.63) is 53.9 Å². The lowest BCUT2D eigenvalue weighted by Crippen LogP contribution is -2.14. The van der Waals surface area contributed by atoms with Crippen LogP contribution >= 0.6 is 0 Å². The van der Waals surface area contributed by atoms with Gasteiger partial charge >= 0.3 is 0 Å². The van der Waals surface area contributed by atoms with Gasteiger partial charge in [-0.3, -0.25) is 9.59 Å². The fourth-order valence-corrected chi connectivity index (χ4v) is 2.73. The van der Waals surface area contributed by atoms with E-state index in [1.165, 1.54) is 0 Å². The van der Waals surface area contributed by atoms with Crippen LogP contribution in [0, 0.1) is 6.92 Å². The molecule has 8 heteroatoms. The summed E-state index contributed by atoms with van der Waals surface area (Å²) in [6, 6.07) is 12.7. The topological polar surface area (TPSA) is 106 Å². The number of hydrogen-bond donors (Lipinski definition) is 2. The number of nitrogens with zero attached hydrogens (tertiary/aromatic N) is 2. The molecule has 0 aliphatic heterocycles. The van der Waals surface area contributed by atoms with Gasteiger partial charge in [0.25, 0.3) is 0 Å². The van der Waals surface area contributed by atoms with Gasteiger partial charge in [-0.05, 0) is 48.9 Å². The lowest BCUT2D eigenvalue weighted by molar-refractivity contribution is -0.116. The molecule has 0 aliphatic carbocycles. The Labute approximate surface area is 174 Å². The van der Waals surface area contributed by atoms with E-state index in [1.54, 1.807) is 26.2 Å². The minimum absolute atomic E-state index is 0.0832. The Hall–Kier alpha value is -3.68. The second-order valence-electron chi connectivity index (χ2n) is 6.72. The summed E-state index contributed by atoms with van der Waals surface area (Å²) in [6.45, 7) is 3.67. The van der Waals surface area contributed by atoms with Crippen LogP contribution < -0.4 is 15.4 Å². The van der Waals surface area contributed by atoms with Crippen LogP contribution in [0.4, 0.5) is 11.4 Å². The summed E-state index contributed by atoms with van der Waals surface area (Å²) in [4.78, 5) is 28.3. The summed E-state index contributed by atoms with van der Waals surface area (Å²) >= 11 is 0. The second kappa shape index (κ2) is 9.69. The molecule has 2 N–H and O–H groups in total. The van der Waals surface area contributed by atoms with E-state index in [1.807, 2.05) is 37.3 Å². The smallest absolute Gasteiger partial charge is 0.227 e. The summed E-state index contributed by atoms with van der Waals surface area (Å²) in [5.74, 6) is 1.33. The first kappa shape index (κ1) is 21.0. The third-order valence-corrected chi connectivity index (χ3v) is 4.50. The van der Waals surface area contributed by atoms with Gasteiger partial charge in [-0.1, -0.05) is 18.1 Å². The zero-order valence-corrected chi connectivity index (χ0v) is 17.2. The van der Waals surface area contributed by atoms with Gasteiger partial charge in [-0.15, -0.1) is 0 Å². The number of benzene rings is 2. The molecule has 2 amide bonds. The maximum Gasteiger partial charge on any atom is 0.227 e. The largest absolute Gasteiger partial charge is 0.497 e. The highest BCUT2D eigenvalue weighted by Crippen LogP contribution is 2.22. The van der Waals surface area contributed by atoms with E-state index in [-0.39, 0.29) is 18.2 Å². The van der Waals surface area contributed by atoms with Crippen molar-refractivity contribution in [2.75, 3.05) is 17.7 Å². The molecule has 0 spiro atoms. The first-order valence-corrected chi connectivity index (χ1v) is 9.66. The van der Waals surface area contributed by atoms with Crippen molar-refractivity contribution < 1.29 is 18.8 Å². The van der Waals surface area contributed by atoms with E-state index >= 15 is 0 Å². The maximum atomic E-state index is 12.4. The number of carbonyl (C=O) groups excluding carboxylic acids is 2. The van der Waals surface area contributed by atoms with Gasteiger partial charge in [-0.25, -0.2) is 0 Å². The summed E-state index contributed by atoms with van der Waals surface area (Å²) in [5, 5.41) is 9.62. The lowest BCUT2D eigenvalue weighted by atomic mass is 10.1. The Balaban J connectivity index is 1.58. The number of hydrogen-bond acceptors (Lipinski definition) is 6. The molecule has 30 heavy (non-hydrogen) atoms. The van der Waals surface area contributed by atoms with Gasteiger partial charge in [0.15, 0.2) is 0 Å². The Morgan fingerprint density at radius 1 is 1.07 bits per heavy atom. The van der Waals surface area contributed by atoms with Gasteiger partial charge in [0, 0.05) is 36.2 Å². The molecule has 8 nitrogen and oxygen atoms in total. The third-order valence-electron chi connectivity index (χ3n) is 4.50. The number of methoxy groups -OCH3 is 1. The molecule has 0 bridgehead atoms. The van der Waals surface area contributed by atoms with Crippen LogP contribution in [0.5, 0.6) is 5.75 Å². The van der Waals surface area contributed by atoms with Crippen molar-refractivity contribution in [3.63, 3.8) is 0 Å². The van der Waals surface area contributed by atoms with Gasteiger partial charge < -0.3 is 19.9 Å². The van der Waals surface area contributed by atoms with E-state index < -0.39 is 0 Å². The van der Waals surface area contributed by atoms with Crippen molar-refractivity contribution in [1.29, 1.82) is 0 Å². The van der Waals surface area contributed by atoms with Crippen molar-refractivity contribution in [3.8, 4) is 17.1 Å². The SMILES string of the molecule is CCC(=O)Nc1ccc(C)c(NC(=O)CCc2nc(-c3ccc(OC)cc3)no2)c1. The van der Waals surface area contributed by atoms with Gasteiger partial charge in [0.2, 0.25) is 23.5 Å².